The average Bonchev–Trinajstić information content (AvgIpc) is 1.59. The van der Waals surface area contributed by atoms with Gasteiger partial charge in [0.25, 0.3) is 0 Å². The van der Waals surface area contributed by atoms with E-state index in [0.717, 1.165) is 0 Å². The molecule has 46 valence electrons. The quantitative estimate of drug-likeness (QED) is 0.498. The highest BCUT2D eigenvalue weighted by Gasteiger charge is 2.18. The van der Waals surface area contributed by atoms with Gasteiger partial charge < -0.3 is 0 Å². The minimum Gasteiger partial charge on any atom is -0.213 e. The Morgan fingerprint density at radius 1 is 1.62 bits per heavy atom. The van der Waals surface area contributed by atoms with E-state index in [9.17, 15) is 8.78 Å². The number of alkyl halides is 2. The zero-order valence-electron chi connectivity index (χ0n) is 4.62. The van der Waals surface area contributed by atoms with Crippen molar-refractivity contribution in [3.05, 3.63) is 0 Å². The second-order valence-electron chi connectivity index (χ2n) is 1.73. The molecule has 0 atom stereocenters. The van der Waals surface area contributed by atoms with Crippen molar-refractivity contribution in [1.82, 2.24) is 0 Å². The van der Waals surface area contributed by atoms with Gasteiger partial charge in [-0.15, -0.1) is 0 Å². The Kier molecular flexibility index (Phi) is 2.62. The summed E-state index contributed by atoms with van der Waals surface area (Å²) in [5.74, 6) is 0. The SMILES string of the molecule is N#CCCC(F)(F)[SiH3]. The van der Waals surface area contributed by atoms with Gasteiger partial charge in [-0.05, 0) is 0 Å². The predicted molar refractivity (Wildman–Crippen MR) is 29.7 cm³/mol. The summed E-state index contributed by atoms with van der Waals surface area (Å²) in [7, 11) is -0.142. The molecule has 0 rings (SSSR count). The lowest BCUT2D eigenvalue weighted by Gasteiger charge is -2.04. The molecule has 0 aromatic rings. The number of rotatable bonds is 2. The first kappa shape index (κ1) is 7.57. The van der Waals surface area contributed by atoms with Gasteiger partial charge in [-0.2, -0.15) is 5.26 Å². The minimum atomic E-state index is -2.53. The van der Waals surface area contributed by atoms with Crippen LogP contribution in [-0.2, 0) is 0 Å². The molecule has 0 aliphatic heterocycles. The molecule has 0 amide bonds. The third kappa shape index (κ3) is 5.57. The summed E-state index contributed by atoms with van der Waals surface area (Å²) in [6.07, 6.45) is -0.299. The maximum absolute atomic E-state index is 11.8. The van der Waals surface area contributed by atoms with Crippen molar-refractivity contribution < 1.29 is 8.78 Å². The number of nitrogens with zero attached hydrogens (tertiary/aromatic N) is 1. The second-order valence-corrected chi connectivity index (χ2v) is 3.19. The maximum Gasteiger partial charge on any atom is 0.220 e. The molecule has 0 saturated carbocycles. The Hall–Kier alpha value is -0.433. The Morgan fingerprint density at radius 2 is 2.12 bits per heavy atom. The van der Waals surface area contributed by atoms with E-state index in [4.69, 9.17) is 5.26 Å². The summed E-state index contributed by atoms with van der Waals surface area (Å²) in [5.41, 5.74) is -2.53. The van der Waals surface area contributed by atoms with Gasteiger partial charge in [0, 0.05) is 12.8 Å². The van der Waals surface area contributed by atoms with Gasteiger partial charge in [-0.25, -0.2) is 8.78 Å². The third-order valence-electron chi connectivity index (χ3n) is 0.676. The van der Waals surface area contributed by atoms with Crippen molar-refractivity contribution in [2.45, 2.75) is 18.4 Å². The van der Waals surface area contributed by atoms with Crippen LogP contribution in [0.1, 0.15) is 12.8 Å². The van der Waals surface area contributed by atoms with Crippen LogP contribution in [0.15, 0.2) is 0 Å². The third-order valence-corrected chi connectivity index (χ3v) is 1.18. The van der Waals surface area contributed by atoms with E-state index in [0.29, 0.717) is 0 Å². The fourth-order valence-corrected chi connectivity index (χ4v) is 0.525. The van der Waals surface area contributed by atoms with E-state index in [1.54, 1.807) is 6.07 Å². The summed E-state index contributed by atoms with van der Waals surface area (Å²) in [6, 6.07) is 1.67. The number of nitriles is 1. The summed E-state index contributed by atoms with van der Waals surface area (Å²) in [5, 5.41) is 7.86. The van der Waals surface area contributed by atoms with Crippen LogP contribution in [0, 0.1) is 11.3 Å². The summed E-state index contributed by atoms with van der Waals surface area (Å²) in [4.78, 5) is 0. The van der Waals surface area contributed by atoms with Crippen molar-refractivity contribution in [1.29, 1.82) is 5.26 Å². The molecule has 0 fully saturated rings. The molecular formula is C4H7F2NSi. The van der Waals surface area contributed by atoms with Crippen LogP contribution in [0.4, 0.5) is 8.78 Å². The lowest BCUT2D eigenvalue weighted by molar-refractivity contribution is 0.0869. The molecule has 0 aromatic heterocycles. The molecule has 0 bridgehead atoms. The fourth-order valence-electron chi connectivity index (χ4n) is 0.275. The fraction of sp³-hybridized carbons (Fsp3) is 0.750. The lowest BCUT2D eigenvalue weighted by Crippen LogP contribution is -2.14. The highest BCUT2D eigenvalue weighted by atomic mass is 28.1. The summed E-state index contributed by atoms with van der Waals surface area (Å²) < 4.78 is 23.6. The van der Waals surface area contributed by atoms with Crippen LogP contribution in [0.2, 0.25) is 0 Å². The number of halogens is 2. The van der Waals surface area contributed by atoms with Gasteiger partial charge in [-0.1, -0.05) is 0 Å². The van der Waals surface area contributed by atoms with Crippen LogP contribution in [0.25, 0.3) is 0 Å². The Morgan fingerprint density at radius 3 is 2.25 bits per heavy atom. The van der Waals surface area contributed by atoms with Crippen molar-refractivity contribution in [2.24, 2.45) is 0 Å². The first-order valence-electron chi connectivity index (χ1n) is 2.31. The van der Waals surface area contributed by atoms with Crippen molar-refractivity contribution in [3.63, 3.8) is 0 Å². The summed E-state index contributed by atoms with van der Waals surface area (Å²) >= 11 is 0. The minimum absolute atomic E-state index is 0.0312. The van der Waals surface area contributed by atoms with Gasteiger partial charge in [0.05, 0.1) is 16.3 Å². The first-order chi connectivity index (χ1) is 3.56. The summed E-state index contributed by atoms with van der Waals surface area (Å²) in [6.45, 7) is 0. The van der Waals surface area contributed by atoms with E-state index in [1.807, 2.05) is 0 Å². The molecule has 0 N–H and O–H groups in total. The highest BCUT2D eigenvalue weighted by Crippen LogP contribution is 2.13. The van der Waals surface area contributed by atoms with Crippen molar-refractivity contribution in [3.8, 4) is 6.07 Å². The van der Waals surface area contributed by atoms with Crippen LogP contribution < -0.4 is 0 Å². The predicted octanol–water partition coefficient (Wildman–Crippen LogP) is 0.248. The zero-order chi connectivity index (χ0) is 6.62. The molecular weight excluding hydrogens is 128 g/mol. The average molecular weight is 135 g/mol. The van der Waals surface area contributed by atoms with E-state index in [2.05, 4.69) is 0 Å². The topological polar surface area (TPSA) is 23.8 Å². The Labute approximate surface area is 49.7 Å². The van der Waals surface area contributed by atoms with Gasteiger partial charge in [0.1, 0.15) is 0 Å². The highest BCUT2D eigenvalue weighted by molar-refractivity contribution is 6.13. The molecule has 0 saturated heterocycles. The zero-order valence-corrected chi connectivity index (χ0v) is 6.62. The smallest absolute Gasteiger partial charge is 0.213 e. The lowest BCUT2D eigenvalue weighted by atomic mass is 10.3. The number of hydrogen-bond donors (Lipinski definition) is 0. The van der Waals surface area contributed by atoms with Gasteiger partial charge >= 0.3 is 0 Å². The Balaban J connectivity index is 3.28. The van der Waals surface area contributed by atoms with Crippen LogP contribution in [0.3, 0.4) is 0 Å². The number of hydrogen-bond acceptors (Lipinski definition) is 1. The maximum atomic E-state index is 11.8. The van der Waals surface area contributed by atoms with Crippen molar-refractivity contribution in [2.75, 3.05) is 0 Å². The Bertz CT molecular complexity index is 102. The monoisotopic (exact) mass is 135 g/mol. The molecule has 4 heteroatoms. The molecule has 0 radical (unpaired) electrons. The van der Waals surface area contributed by atoms with Gasteiger partial charge in [0.2, 0.25) is 5.55 Å². The molecule has 0 unspecified atom stereocenters. The first-order valence-corrected chi connectivity index (χ1v) is 3.31. The van der Waals surface area contributed by atoms with E-state index in [1.165, 1.54) is 0 Å². The van der Waals surface area contributed by atoms with Crippen LogP contribution in [0.5, 0.6) is 0 Å². The van der Waals surface area contributed by atoms with Crippen molar-refractivity contribution >= 4 is 10.2 Å². The van der Waals surface area contributed by atoms with Gasteiger partial charge in [-0.3, -0.25) is 0 Å². The molecule has 0 aromatic carbocycles. The van der Waals surface area contributed by atoms with Gasteiger partial charge in [0.15, 0.2) is 0 Å². The molecule has 0 aliphatic rings. The van der Waals surface area contributed by atoms with E-state index >= 15 is 0 Å². The standard InChI is InChI=1S/C4H7F2NSi/c5-4(6,8)2-1-3-7/h1-2H2,8H3. The van der Waals surface area contributed by atoms with E-state index in [-0.39, 0.29) is 23.1 Å². The molecule has 8 heavy (non-hydrogen) atoms. The normalized spacial score (nSPS) is 11.1. The largest absolute Gasteiger partial charge is 0.220 e. The molecule has 0 spiro atoms. The van der Waals surface area contributed by atoms with Crippen LogP contribution >= 0.6 is 0 Å². The molecule has 0 aliphatic carbocycles. The molecule has 0 heterocycles. The second kappa shape index (κ2) is 2.77. The molecule has 1 nitrogen and oxygen atoms in total. The van der Waals surface area contributed by atoms with Crippen LogP contribution in [-0.4, -0.2) is 15.8 Å². The van der Waals surface area contributed by atoms with E-state index < -0.39 is 5.55 Å².